The summed E-state index contributed by atoms with van der Waals surface area (Å²) in [5.41, 5.74) is 0. The summed E-state index contributed by atoms with van der Waals surface area (Å²) in [6.45, 7) is 14.0. The maximum atomic E-state index is 12.4. The molecule has 0 saturated carbocycles. The van der Waals surface area contributed by atoms with Crippen molar-refractivity contribution < 1.29 is 14.7 Å². The highest BCUT2D eigenvalue weighted by Crippen LogP contribution is 1.99. The van der Waals surface area contributed by atoms with Crippen molar-refractivity contribution in [3.05, 3.63) is 0 Å². The fourth-order valence-electron chi connectivity index (χ4n) is 2.96. The first kappa shape index (κ1) is 27.0. The lowest BCUT2D eigenvalue weighted by molar-refractivity contribution is -0.391. The highest BCUT2D eigenvalue weighted by Gasteiger charge is 2.16. The highest BCUT2D eigenvalue weighted by atomic mass is 16.3. The molecule has 2 radical (unpaired) electrons. The minimum absolute atomic E-state index is 0.113. The van der Waals surface area contributed by atoms with Gasteiger partial charge in [0.25, 0.3) is 0 Å². The lowest BCUT2D eigenvalue weighted by Gasteiger charge is -2.31. The van der Waals surface area contributed by atoms with Crippen LogP contribution in [0.2, 0.25) is 0 Å². The van der Waals surface area contributed by atoms with E-state index in [1.807, 2.05) is 25.8 Å². The van der Waals surface area contributed by atoms with E-state index in [0.29, 0.717) is 39.3 Å². The Hall–Kier alpha value is -0.955. The van der Waals surface area contributed by atoms with Crippen molar-refractivity contribution in [1.82, 2.24) is 19.6 Å². The Balaban J connectivity index is 4.59. The van der Waals surface area contributed by atoms with Crippen LogP contribution >= 0.6 is 0 Å². The molecule has 0 aliphatic rings. The number of likely N-dealkylation sites (N-methyl/N-ethyl adjacent to an activating group) is 3. The van der Waals surface area contributed by atoms with E-state index in [2.05, 4.69) is 16.7 Å². The fraction of sp³-hybridized carbons (Fsp3) is 0.900. The van der Waals surface area contributed by atoms with Gasteiger partial charge in [-0.3, -0.25) is 19.4 Å². The molecule has 0 bridgehead atoms. The number of unbranched alkanes of at least 4 members (excludes halogenated alkanes) is 1. The molecule has 162 valence electrons. The summed E-state index contributed by atoms with van der Waals surface area (Å²) in [4.78, 5) is 32.0. The average molecular weight is 395 g/mol. The minimum atomic E-state index is -1.10. The second-order valence-corrected chi connectivity index (χ2v) is 7.45. The van der Waals surface area contributed by atoms with Crippen molar-refractivity contribution in [2.45, 2.75) is 46.5 Å². The smallest absolute Gasteiger partial charge is 0.236 e. The summed E-state index contributed by atoms with van der Waals surface area (Å²) in [6.07, 6.45) is 2.09. The average Bonchev–Trinajstić information content (AvgIpc) is 2.64. The van der Waals surface area contributed by atoms with Crippen molar-refractivity contribution in [3.63, 3.8) is 0 Å². The number of carbonyl (C=O) groups excluding carboxylic acids is 2. The molecule has 0 spiro atoms. The molecule has 1 unspecified atom stereocenters. The third-order valence-electron chi connectivity index (χ3n) is 4.88. The highest BCUT2D eigenvalue weighted by molar-refractivity contribution is 6.10. The van der Waals surface area contributed by atoms with Gasteiger partial charge in [-0.25, -0.2) is 0 Å². The van der Waals surface area contributed by atoms with E-state index in [1.54, 1.807) is 11.8 Å². The van der Waals surface area contributed by atoms with E-state index in [9.17, 15) is 14.7 Å². The molecular weight excluding hydrogens is 355 g/mol. The van der Waals surface area contributed by atoms with Gasteiger partial charge in [0.2, 0.25) is 5.91 Å². The summed E-state index contributed by atoms with van der Waals surface area (Å²) in [6, 6.07) is -1.10. The van der Waals surface area contributed by atoms with Crippen LogP contribution in [0.25, 0.3) is 0 Å². The summed E-state index contributed by atoms with van der Waals surface area (Å²) in [5, 5.41) is 11.2. The van der Waals surface area contributed by atoms with Crippen LogP contribution in [0, 0.1) is 0 Å². The number of ketones is 1. The van der Waals surface area contributed by atoms with Crippen LogP contribution < -0.4 is 5.11 Å². The van der Waals surface area contributed by atoms with Crippen LogP contribution in [-0.4, -0.2) is 118 Å². The van der Waals surface area contributed by atoms with Crippen molar-refractivity contribution in [2.75, 3.05) is 72.5 Å². The van der Waals surface area contributed by atoms with Gasteiger partial charge in [-0.1, -0.05) is 27.2 Å². The zero-order chi connectivity index (χ0) is 21.5. The third-order valence-corrected chi connectivity index (χ3v) is 4.88. The van der Waals surface area contributed by atoms with E-state index in [4.69, 9.17) is 7.85 Å². The van der Waals surface area contributed by atoms with E-state index in [1.165, 1.54) is 0 Å². The van der Waals surface area contributed by atoms with Crippen molar-refractivity contribution in [3.8, 4) is 0 Å². The Morgan fingerprint density at radius 2 is 1.43 bits per heavy atom. The van der Waals surface area contributed by atoms with E-state index >= 15 is 0 Å². The molecule has 1 atom stereocenters. The van der Waals surface area contributed by atoms with Crippen molar-refractivity contribution in [2.24, 2.45) is 0 Å². The number of carbonyl (C=O) groups is 2. The van der Waals surface area contributed by atoms with Crippen LogP contribution in [0.5, 0.6) is 0 Å². The summed E-state index contributed by atoms with van der Waals surface area (Å²) in [5.74, 6) is 0.247. The Kier molecular flexibility index (Phi) is 15.4. The third kappa shape index (κ3) is 13.3. The molecule has 0 aliphatic heterocycles. The summed E-state index contributed by atoms with van der Waals surface area (Å²) >= 11 is 0. The van der Waals surface area contributed by atoms with E-state index in [-0.39, 0.29) is 11.7 Å². The van der Waals surface area contributed by atoms with Crippen LogP contribution in [0.4, 0.5) is 0 Å². The second-order valence-electron chi connectivity index (χ2n) is 7.45. The lowest BCUT2D eigenvalue weighted by Crippen LogP contribution is -2.46. The molecular formula is C20H40BN4O3-. The standard InChI is InChI=1S/C20H40BN4O3/c1-6-9-10-22(5)20(28)17-24(8-3)12-14-25(15-18(4)26)13-11-23(7-2)16-19(21)27/h19H,6-17H2,1-5H3/q-1. The molecule has 1 amide bonds. The molecule has 0 aliphatic carbocycles. The van der Waals surface area contributed by atoms with Crippen LogP contribution in [0.1, 0.15) is 40.5 Å². The molecule has 7 nitrogen and oxygen atoms in total. The molecule has 8 heteroatoms. The molecule has 28 heavy (non-hydrogen) atoms. The Labute approximate surface area is 173 Å². The fourth-order valence-corrected chi connectivity index (χ4v) is 2.96. The van der Waals surface area contributed by atoms with Gasteiger partial charge in [0, 0.05) is 47.6 Å². The largest absolute Gasteiger partial charge is 0.858 e. The minimum Gasteiger partial charge on any atom is -0.858 e. The van der Waals surface area contributed by atoms with E-state index in [0.717, 1.165) is 39.0 Å². The Morgan fingerprint density at radius 3 is 1.89 bits per heavy atom. The van der Waals surface area contributed by atoms with Crippen molar-refractivity contribution >= 4 is 19.5 Å². The topological polar surface area (TPSA) is 70.2 Å². The number of nitrogens with zero attached hydrogens (tertiary/aromatic N) is 4. The SMILES string of the molecule is [B]C([O-])CN(CC)CCN(CCN(CC)CC(=O)N(C)CCCC)CC(C)=O. The molecule has 0 rings (SSSR count). The van der Waals surface area contributed by atoms with Gasteiger partial charge in [-0.2, -0.15) is 0 Å². The molecule has 0 heterocycles. The van der Waals surface area contributed by atoms with Gasteiger partial charge in [0.05, 0.1) is 13.1 Å². The van der Waals surface area contributed by atoms with Crippen LogP contribution in [0.15, 0.2) is 0 Å². The zero-order valence-electron chi connectivity index (χ0n) is 18.7. The maximum Gasteiger partial charge on any atom is 0.236 e. The first-order chi connectivity index (χ1) is 13.2. The predicted octanol–water partition coefficient (Wildman–Crippen LogP) is -0.365. The monoisotopic (exact) mass is 395 g/mol. The summed E-state index contributed by atoms with van der Waals surface area (Å²) in [7, 11) is 7.22. The second kappa shape index (κ2) is 15.9. The molecule has 0 fully saturated rings. The molecule has 0 saturated heterocycles. The van der Waals surface area contributed by atoms with Gasteiger partial charge in [0.15, 0.2) is 0 Å². The number of Topliss-reactive ketones (excluding diaryl/α,β-unsaturated/α-hetero) is 1. The van der Waals surface area contributed by atoms with Gasteiger partial charge in [-0.05, 0) is 33.0 Å². The predicted molar refractivity (Wildman–Crippen MR) is 113 cm³/mol. The lowest BCUT2D eigenvalue weighted by atomic mass is 10.0. The maximum absolute atomic E-state index is 12.4. The zero-order valence-corrected chi connectivity index (χ0v) is 18.7. The Morgan fingerprint density at radius 1 is 0.893 bits per heavy atom. The first-order valence-electron chi connectivity index (χ1n) is 10.5. The molecule has 0 aromatic rings. The Bertz CT molecular complexity index is 438. The number of amides is 1. The number of hydrogen-bond donors (Lipinski definition) is 0. The molecule has 0 aromatic carbocycles. The number of hydrogen-bond acceptors (Lipinski definition) is 6. The van der Waals surface area contributed by atoms with Crippen molar-refractivity contribution in [1.29, 1.82) is 0 Å². The first-order valence-corrected chi connectivity index (χ1v) is 10.5. The van der Waals surface area contributed by atoms with Crippen LogP contribution in [0.3, 0.4) is 0 Å². The van der Waals surface area contributed by atoms with Gasteiger partial charge >= 0.3 is 0 Å². The van der Waals surface area contributed by atoms with Gasteiger partial charge in [0.1, 0.15) is 5.78 Å². The van der Waals surface area contributed by atoms with Gasteiger partial charge < -0.3 is 14.9 Å². The molecule has 0 N–H and O–H groups in total. The number of rotatable bonds is 17. The van der Waals surface area contributed by atoms with Crippen LogP contribution in [-0.2, 0) is 9.59 Å². The van der Waals surface area contributed by atoms with Gasteiger partial charge in [-0.15, -0.1) is 6.00 Å². The van der Waals surface area contributed by atoms with E-state index < -0.39 is 6.00 Å². The quantitative estimate of drug-likeness (QED) is 0.313. The molecule has 0 aromatic heterocycles. The summed E-state index contributed by atoms with van der Waals surface area (Å²) < 4.78 is 0. The normalized spacial score (nSPS) is 12.8.